The van der Waals surface area contributed by atoms with Gasteiger partial charge in [-0.2, -0.15) is 0 Å². The van der Waals surface area contributed by atoms with Crippen LogP contribution in [-0.4, -0.2) is 324 Å². The Morgan fingerprint density at radius 3 is 0.743 bits per heavy atom. The van der Waals surface area contributed by atoms with Gasteiger partial charge in [-0.05, 0) is 0 Å². The molecule has 0 saturated carbocycles. The van der Waals surface area contributed by atoms with Gasteiger partial charge in [0.2, 0.25) is 0 Å². The number of aliphatic carboxylic acids is 5. The van der Waals surface area contributed by atoms with Gasteiger partial charge < -0.3 is 154 Å². The number of hydrogen-bond donors (Lipinski definition) is 19. The van der Waals surface area contributed by atoms with Gasteiger partial charge in [-0.3, -0.25) is 0 Å². The quantitative estimate of drug-likeness (QED) is 0.0638. The van der Waals surface area contributed by atoms with Gasteiger partial charge in [-0.25, -0.2) is 28.8 Å². The normalized spacial score (nSPS) is 49.0. The number of carboxylic acid groups (broad SMARTS) is 5. The van der Waals surface area contributed by atoms with Crippen molar-refractivity contribution in [1.29, 1.82) is 0 Å². The van der Waals surface area contributed by atoms with Crippen LogP contribution in [0.5, 0.6) is 0 Å². The summed E-state index contributed by atoms with van der Waals surface area (Å²) in [6.45, 7) is 0. The number of carbonyl (C=O) groups excluding carboxylic acids is 1. The molecule has 0 aromatic rings. The summed E-state index contributed by atoms with van der Waals surface area (Å²) in [5.74, 6) is -11.5. The second kappa shape index (κ2) is 23.6. The SMILES string of the molecule is COC(=O)[C@H]1O[C@H](O[C@@H]2[C@H](O)[C@@H](O)[C@@H](O[C@@H]3[C@H](O)[C@@H](O)[C@@H](O[C@@H]4[C@H](O)[C@@H](O)[C@@H](O[C@@H]5[C@H](O)[C@@H](O)[C@@H](O[C@@H]6[C@H](O)[C@@H](O)[C@@H](O)O[C@@H]6C(=O)O)O[C@@H]5C(=O)O)O[C@@H]4C(=O)O)O[C@@H]3C(=O)O)O[C@@H]2C(=O)O)[C@H](O)[C@@H](O)[C@H]1O. The van der Waals surface area contributed by atoms with Crippen molar-refractivity contribution in [2.75, 3.05) is 7.11 Å². The van der Waals surface area contributed by atoms with Gasteiger partial charge in [0, 0.05) is 0 Å². The van der Waals surface area contributed by atoms with Crippen molar-refractivity contribution in [1.82, 2.24) is 0 Å². The van der Waals surface area contributed by atoms with E-state index in [0.29, 0.717) is 0 Å². The van der Waals surface area contributed by atoms with E-state index in [-0.39, 0.29) is 0 Å². The third-order valence-electron chi connectivity index (χ3n) is 12.4. The van der Waals surface area contributed by atoms with Gasteiger partial charge in [0.05, 0.1) is 7.11 Å². The highest BCUT2D eigenvalue weighted by atomic mass is 16.8. The van der Waals surface area contributed by atoms with Crippen molar-refractivity contribution < 1.29 is 183 Å². The summed E-state index contributed by atoms with van der Waals surface area (Å²) in [6.07, 6.45) is -72.9. The molecule has 0 aliphatic carbocycles. The van der Waals surface area contributed by atoms with Crippen LogP contribution in [0.3, 0.4) is 0 Å². The first-order valence-corrected chi connectivity index (χ1v) is 21.5. The minimum atomic E-state index is -2.64. The van der Waals surface area contributed by atoms with Crippen molar-refractivity contribution in [2.45, 2.75) is 184 Å². The topological polar surface area (TPSA) is 598 Å². The molecule has 0 aromatic heterocycles. The van der Waals surface area contributed by atoms with Crippen molar-refractivity contribution in [3.8, 4) is 0 Å². The molecule has 6 saturated heterocycles. The monoisotopic (exact) mass is 1090 g/mol. The van der Waals surface area contributed by atoms with E-state index in [4.69, 9.17) is 47.4 Å². The van der Waals surface area contributed by atoms with E-state index < -0.39 is 220 Å². The summed E-state index contributed by atoms with van der Waals surface area (Å²) in [6, 6.07) is 0. The summed E-state index contributed by atoms with van der Waals surface area (Å²) < 4.78 is 61.4. The van der Waals surface area contributed by atoms with E-state index in [2.05, 4.69) is 9.47 Å². The first-order valence-electron chi connectivity index (χ1n) is 21.5. The molecule has 0 aromatic carbocycles. The number of hydrogen-bond acceptors (Lipinski definition) is 32. The maximum atomic E-state index is 12.5. The third-order valence-corrected chi connectivity index (χ3v) is 12.4. The fraction of sp³-hybridized carbons (Fsp3) is 0.838. The Hall–Kier alpha value is -4.18. The molecule has 30 atom stereocenters. The Balaban J connectivity index is 1.13. The van der Waals surface area contributed by atoms with Gasteiger partial charge in [-0.1, -0.05) is 0 Å². The van der Waals surface area contributed by atoms with E-state index in [0.717, 1.165) is 7.11 Å². The van der Waals surface area contributed by atoms with E-state index in [1.807, 2.05) is 0 Å². The zero-order chi connectivity index (χ0) is 55.3. The molecule has 0 unspecified atom stereocenters. The molecule has 6 rings (SSSR count). The number of rotatable bonds is 16. The van der Waals surface area contributed by atoms with Crippen molar-refractivity contribution in [2.24, 2.45) is 0 Å². The Bertz CT molecular complexity index is 2010. The van der Waals surface area contributed by atoms with Gasteiger partial charge >= 0.3 is 35.8 Å². The molecule has 6 aliphatic rings. The number of ether oxygens (including phenoxy) is 12. The molecule has 37 heteroatoms. The minimum Gasteiger partial charge on any atom is -0.479 e. The Morgan fingerprint density at radius 2 is 0.500 bits per heavy atom. The molecule has 422 valence electrons. The lowest BCUT2D eigenvalue weighted by molar-refractivity contribution is -0.386. The van der Waals surface area contributed by atoms with Crippen LogP contribution in [0.1, 0.15) is 0 Å². The summed E-state index contributed by atoms with van der Waals surface area (Å²) in [4.78, 5) is 73.5. The maximum Gasteiger partial charge on any atom is 0.337 e. The first kappa shape index (κ1) is 59.1. The van der Waals surface area contributed by atoms with Crippen LogP contribution in [-0.2, 0) is 85.6 Å². The van der Waals surface area contributed by atoms with E-state index in [1.54, 1.807) is 0 Å². The summed E-state index contributed by atoms with van der Waals surface area (Å²) >= 11 is 0. The highest BCUT2D eigenvalue weighted by molar-refractivity contribution is 5.76. The van der Waals surface area contributed by atoms with E-state index in [1.165, 1.54) is 0 Å². The fourth-order valence-electron chi connectivity index (χ4n) is 8.45. The number of carbonyl (C=O) groups is 6. The van der Waals surface area contributed by atoms with Gasteiger partial charge in [0.15, 0.2) is 74.4 Å². The van der Waals surface area contributed by atoms with Crippen molar-refractivity contribution in [3.05, 3.63) is 0 Å². The lowest BCUT2D eigenvalue weighted by Crippen LogP contribution is -2.69. The number of aliphatic hydroxyl groups is 14. The second-order valence-electron chi connectivity index (χ2n) is 17.2. The highest BCUT2D eigenvalue weighted by Gasteiger charge is 2.60. The molecule has 74 heavy (non-hydrogen) atoms. The Morgan fingerprint density at radius 1 is 0.284 bits per heavy atom. The minimum absolute atomic E-state index is 0.850. The molecule has 0 radical (unpaired) electrons. The molecule has 0 amide bonds. The average molecular weight is 1090 g/mol. The lowest BCUT2D eigenvalue weighted by Gasteiger charge is -2.48. The Kier molecular flexibility index (Phi) is 18.8. The fourth-order valence-corrected chi connectivity index (χ4v) is 8.45. The molecule has 37 nitrogen and oxygen atoms in total. The number of aliphatic hydroxyl groups excluding tert-OH is 14. The average Bonchev–Trinajstić information content (AvgIpc) is 3.34. The van der Waals surface area contributed by atoms with Crippen molar-refractivity contribution in [3.63, 3.8) is 0 Å². The Labute approximate surface area is 409 Å². The van der Waals surface area contributed by atoms with Crippen LogP contribution in [0.2, 0.25) is 0 Å². The third kappa shape index (κ3) is 11.6. The predicted molar refractivity (Wildman–Crippen MR) is 207 cm³/mol. The number of carboxylic acids is 5. The van der Waals surface area contributed by atoms with Crippen LogP contribution in [0.4, 0.5) is 0 Å². The molecule has 6 fully saturated rings. The maximum absolute atomic E-state index is 12.5. The molecule has 0 spiro atoms. The first-order chi connectivity index (χ1) is 34.5. The molecule has 6 heterocycles. The largest absolute Gasteiger partial charge is 0.479 e. The van der Waals surface area contributed by atoms with Gasteiger partial charge in [-0.15, -0.1) is 0 Å². The van der Waals surface area contributed by atoms with Crippen LogP contribution < -0.4 is 0 Å². The molecule has 6 aliphatic heterocycles. The summed E-state index contributed by atoms with van der Waals surface area (Å²) in [5, 5.41) is 199. The molecular weight excluding hydrogens is 1040 g/mol. The number of esters is 1. The van der Waals surface area contributed by atoms with Crippen LogP contribution >= 0.6 is 0 Å². The smallest absolute Gasteiger partial charge is 0.337 e. The second-order valence-corrected chi connectivity index (χ2v) is 17.2. The number of methoxy groups -OCH3 is 1. The van der Waals surface area contributed by atoms with Crippen molar-refractivity contribution >= 4 is 35.8 Å². The molecule has 19 N–H and O–H groups in total. The van der Waals surface area contributed by atoms with Gasteiger partial charge in [0.25, 0.3) is 0 Å². The predicted octanol–water partition coefficient (Wildman–Crippen LogP) is -13.5. The van der Waals surface area contributed by atoms with Gasteiger partial charge in [0.1, 0.15) is 110 Å². The van der Waals surface area contributed by atoms with E-state index >= 15 is 0 Å². The van der Waals surface area contributed by atoms with Crippen LogP contribution in [0.15, 0.2) is 0 Å². The zero-order valence-electron chi connectivity index (χ0n) is 37.2. The lowest BCUT2D eigenvalue weighted by atomic mass is 9.95. The standard InChI is InChI=1S/C37H52O37/c1-63-32(62)20-3(39)2(38)10(46)33(70-20)66-16-5(41)12(48)35(72-22(16)27(53)54)68-18-7(43)14(50)37(74-24(18)29(57)58)69-19-8(44)13(49)36(73-25(19)30(59)60)67-17-6(42)11(47)34(71-23(17)28(55)56)65-15-4(40)9(45)31(61)64-21(15)26(51)52/h2-25,31,33-50,61H,1H3,(H,51,52)(H,53,54)(H,55,56)(H,57,58)(H,59,60)/t2-,3+,4+,5+,6+,7+,8+,9+,10+,11+,12+,13+,14+,15+,16+,17+,18+,19+,20-,21-,22-,23-,24-,25-,31-,33-,34-,35-,36-,37-/m0/s1. The van der Waals surface area contributed by atoms with Crippen LogP contribution in [0.25, 0.3) is 0 Å². The summed E-state index contributed by atoms with van der Waals surface area (Å²) in [7, 11) is 0.850. The summed E-state index contributed by atoms with van der Waals surface area (Å²) in [5.41, 5.74) is 0. The highest BCUT2D eigenvalue weighted by Crippen LogP contribution is 2.37. The molecule has 0 bridgehead atoms. The van der Waals surface area contributed by atoms with Crippen LogP contribution in [0, 0.1) is 0 Å². The molecular formula is C37H52O37. The zero-order valence-corrected chi connectivity index (χ0v) is 37.2. The van der Waals surface area contributed by atoms with E-state index in [9.17, 15) is 126 Å².